The number of nitrogens with zero attached hydrogens (tertiary/aromatic N) is 1. The lowest BCUT2D eigenvalue weighted by atomic mass is 10.2. The second-order valence-electron chi connectivity index (χ2n) is 4.15. The third-order valence-electron chi connectivity index (χ3n) is 2.91. The predicted molar refractivity (Wildman–Crippen MR) is 73.6 cm³/mol. The van der Waals surface area contributed by atoms with Crippen LogP contribution < -0.4 is 5.73 Å². The number of hydrogen-bond donors (Lipinski definition) is 2. The van der Waals surface area contributed by atoms with Crippen LogP contribution in [0.25, 0.3) is 0 Å². The minimum atomic E-state index is 0.0755. The Labute approximate surface area is 115 Å². The van der Waals surface area contributed by atoms with Crippen molar-refractivity contribution in [2.75, 3.05) is 6.61 Å². The lowest BCUT2D eigenvalue weighted by Crippen LogP contribution is -2.17. The van der Waals surface area contributed by atoms with Gasteiger partial charge in [-0.15, -0.1) is 11.8 Å². The van der Waals surface area contributed by atoms with Crippen LogP contribution in [0.5, 0.6) is 0 Å². The molecule has 0 radical (unpaired) electrons. The van der Waals surface area contributed by atoms with E-state index in [-0.39, 0.29) is 11.9 Å². The Hall–Kier alpha value is -0.910. The van der Waals surface area contributed by atoms with Crippen molar-refractivity contribution in [1.82, 2.24) is 0 Å². The zero-order valence-electron chi connectivity index (χ0n) is 9.97. The van der Waals surface area contributed by atoms with Gasteiger partial charge in [0.25, 0.3) is 0 Å². The molecule has 0 aliphatic carbocycles. The molecule has 2 rings (SSSR count). The second-order valence-corrected chi connectivity index (χ2v) is 5.86. The third-order valence-corrected chi connectivity index (χ3v) is 4.68. The zero-order valence-corrected chi connectivity index (χ0v) is 11.5. The Morgan fingerprint density at radius 2 is 2.39 bits per heavy atom. The highest BCUT2D eigenvalue weighted by atomic mass is 35.5. The summed E-state index contributed by atoms with van der Waals surface area (Å²) in [7, 11) is 0. The number of nitrogens with two attached hydrogens (primary N) is 1. The lowest BCUT2D eigenvalue weighted by molar-refractivity contribution is 0.127. The van der Waals surface area contributed by atoms with Crippen LogP contribution in [0.1, 0.15) is 18.9 Å². The summed E-state index contributed by atoms with van der Waals surface area (Å²) < 4.78 is 5.53. The molecule has 0 bridgehead atoms. The highest BCUT2D eigenvalue weighted by Crippen LogP contribution is 2.35. The minimum absolute atomic E-state index is 0.0755. The van der Waals surface area contributed by atoms with Gasteiger partial charge in [-0.3, -0.25) is 0 Å². The van der Waals surface area contributed by atoms with E-state index in [1.54, 1.807) is 23.9 Å². The van der Waals surface area contributed by atoms with E-state index in [0.717, 1.165) is 17.9 Å². The molecule has 2 unspecified atom stereocenters. The van der Waals surface area contributed by atoms with Gasteiger partial charge in [-0.25, -0.2) is 0 Å². The van der Waals surface area contributed by atoms with E-state index in [4.69, 9.17) is 27.3 Å². The monoisotopic (exact) mass is 286 g/mol. The first-order valence-electron chi connectivity index (χ1n) is 5.67. The fourth-order valence-corrected chi connectivity index (χ4v) is 3.31. The Balaban J connectivity index is 2.26. The topological polar surface area (TPSA) is 67.8 Å². The molecular weight excluding hydrogens is 272 g/mol. The number of hydrogen-bond acceptors (Lipinski definition) is 4. The molecule has 1 heterocycles. The molecule has 4 nitrogen and oxygen atoms in total. The number of benzene rings is 1. The molecule has 2 atom stereocenters. The van der Waals surface area contributed by atoms with Crippen molar-refractivity contribution in [3.8, 4) is 0 Å². The molecule has 0 saturated carbocycles. The van der Waals surface area contributed by atoms with Crippen LogP contribution in [-0.4, -0.2) is 29.0 Å². The fourth-order valence-electron chi connectivity index (χ4n) is 1.89. The Morgan fingerprint density at radius 3 is 3.00 bits per heavy atom. The fraction of sp³-hybridized carbons (Fsp3) is 0.417. The summed E-state index contributed by atoms with van der Waals surface area (Å²) in [5.74, 6) is 0.0755. The van der Waals surface area contributed by atoms with E-state index >= 15 is 0 Å². The van der Waals surface area contributed by atoms with Crippen LogP contribution in [0.4, 0.5) is 0 Å². The van der Waals surface area contributed by atoms with Crippen molar-refractivity contribution in [2.45, 2.75) is 29.6 Å². The number of amidine groups is 1. The molecule has 3 N–H and O–H groups in total. The minimum Gasteiger partial charge on any atom is -0.409 e. The molecule has 98 valence electrons. The van der Waals surface area contributed by atoms with Gasteiger partial charge in [-0.05, 0) is 31.5 Å². The first kappa shape index (κ1) is 13.5. The van der Waals surface area contributed by atoms with Crippen molar-refractivity contribution < 1.29 is 9.94 Å². The molecular formula is C12H15ClN2O2S. The van der Waals surface area contributed by atoms with Crippen molar-refractivity contribution in [1.29, 1.82) is 0 Å². The first-order chi connectivity index (χ1) is 8.61. The predicted octanol–water partition coefficient (Wildman–Crippen LogP) is 2.70. The van der Waals surface area contributed by atoms with Crippen LogP contribution >= 0.6 is 23.4 Å². The Morgan fingerprint density at radius 1 is 1.61 bits per heavy atom. The van der Waals surface area contributed by atoms with Gasteiger partial charge >= 0.3 is 0 Å². The zero-order chi connectivity index (χ0) is 13.1. The molecule has 1 saturated heterocycles. The molecule has 1 aromatic carbocycles. The largest absolute Gasteiger partial charge is 0.409 e. The molecule has 1 aliphatic heterocycles. The van der Waals surface area contributed by atoms with E-state index < -0.39 is 0 Å². The van der Waals surface area contributed by atoms with E-state index in [1.165, 1.54) is 0 Å². The summed E-state index contributed by atoms with van der Waals surface area (Å²) in [6.45, 7) is 2.84. The average Bonchev–Trinajstić information content (AvgIpc) is 2.76. The van der Waals surface area contributed by atoms with Crippen LogP contribution in [0, 0.1) is 0 Å². The van der Waals surface area contributed by atoms with Crippen molar-refractivity contribution in [3.05, 3.63) is 28.8 Å². The molecule has 0 spiro atoms. The van der Waals surface area contributed by atoms with Gasteiger partial charge in [0.05, 0.1) is 6.10 Å². The highest BCUT2D eigenvalue weighted by Gasteiger charge is 2.26. The maximum Gasteiger partial charge on any atom is 0.171 e. The number of oxime groups is 1. The van der Waals surface area contributed by atoms with Gasteiger partial charge in [0.2, 0.25) is 0 Å². The van der Waals surface area contributed by atoms with Crippen LogP contribution in [0.15, 0.2) is 28.3 Å². The standard InChI is InChI=1S/C12H15ClN2O2S/c1-7-10(4-5-17-7)18-11-3-2-8(13)6-9(11)12(14)15-16/h2-3,6-7,10,16H,4-5H2,1H3,(H2,14,15). The van der Waals surface area contributed by atoms with Crippen molar-refractivity contribution in [3.63, 3.8) is 0 Å². The van der Waals surface area contributed by atoms with Crippen molar-refractivity contribution in [2.24, 2.45) is 10.9 Å². The van der Waals surface area contributed by atoms with E-state index in [2.05, 4.69) is 12.1 Å². The maximum atomic E-state index is 8.80. The quantitative estimate of drug-likeness (QED) is 0.388. The summed E-state index contributed by atoms with van der Waals surface area (Å²) in [5, 5.41) is 12.8. The summed E-state index contributed by atoms with van der Waals surface area (Å²) in [4.78, 5) is 0.956. The molecule has 1 aromatic rings. The Bertz CT molecular complexity index is 467. The molecule has 6 heteroatoms. The van der Waals surface area contributed by atoms with Crippen LogP contribution in [-0.2, 0) is 4.74 Å². The molecule has 18 heavy (non-hydrogen) atoms. The van der Waals surface area contributed by atoms with E-state index in [1.807, 2.05) is 6.07 Å². The van der Waals surface area contributed by atoms with Crippen LogP contribution in [0.2, 0.25) is 5.02 Å². The lowest BCUT2D eigenvalue weighted by Gasteiger charge is -2.15. The summed E-state index contributed by atoms with van der Waals surface area (Å²) >= 11 is 7.62. The molecule has 0 aromatic heterocycles. The highest BCUT2D eigenvalue weighted by molar-refractivity contribution is 8.00. The molecule has 1 aliphatic rings. The molecule has 0 amide bonds. The summed E-state index contributed by atoms with van der Waals surface area (Å²) in [6.07, 6.45) is 1.22. The van der Waals surface area contributed by atoms with Gasteiger partial charge in [-0.2, -0.15) is 0 Å². The van der Waals surface area contributed by atoms with Crippen molar-refractivity contribution >= 4 is 29.2 Å². The summed E-state index contributed by atoms with van der Waals surface area (Å²) in [5.41, 5.74) is 6.33. The van der Waals surface area contributed by atoms with Crippen LogP contribution in [0.3, 0.4) is 0 Å². The average molecular weight is 287 g/mol. The molecule has 1 fully saturated rings. The SMILES string of the molecule is CC1OCCC1Sc1ccc(Cl)cc1/C(N)=N/O. The Kier molecular flexibility index (Phi) is 4.37. The first-order valence-corrected chi connectivity index (χ1v) is 6.93. The summed E-state index contributed by atoms with van der Waals surface area (Å²) in [6, 6.07) is 5.41. The van der Waals surface area contributed by atoms with Gasteiger partial charge in [0.15, 0.2) is 5.84 Å². The van der Waals surface area contributed by atoms with E-state index in [0.29, 0.717) is 15.8 Å². The number of rotatable bonds is 3. The number of ether oxygens (including phenoxy) is 1. The maximum absolute atomic E-state index is 8.80. The van der Waals surface area contributed by atoms with Gasteiger partial charge in [-0.1, -0.05) is 16.8 Å². The normalized spacial score (nSPS) is 24.4. The van der Waals surface area contributed by atoms with Gasteiger partial charge in [0, 0.05) is 27.3 Å². The number of halogens is 1. The van der Waals surface area contributed by atoms with Gasteiger partial charge in [0.1, 0.15) is 0 Å². The smallest absolute Gasteiger partial charge is 0.171 e. The third kappa shape index (κ3) is 2.91. The van der Waals surface area contributed by atoms with Gasteiger partial charge < -0.3 is 15.7 Å². The number of thioether (sulfide) groups is 1. The second kappa shape index (κ2) is 5.82. The van der Waals surface area contributed by atoms with E-state index in [9.17, 15) is 0 Å².